The molecule has 31 heavy (non-hydrogen) atoms. The molecule has 7 nitrogen and oxygen atoms in total. The van der Waals surface area contributed by atoms with Gasteiger partial charge in [0.25, 0.3) is 0 Å². The Labute approximate surface area is 177 Å². The molecule has 3 aromatic heterocycles. The number of rotatable bonds is 3. The lowest BCUT2D eigenvalue weighted by Gasteiger charge is -2.34. The second kappa shape index (κ2) is 7.65. The predicted octanol–water partition coefficient (Wildman–Crippen LogP) is 3.93. The summed E-state index contributed by atoms with van der Waals surface area (Å²) in [5.74, 6) is -0.118. The molecule has 0 N–H and O–H groups in total. The number of fused-ring (bicyclic) bond motifs is 1. The number of carbonyl (C=O) groups excluding carboxylic acids is 1. The molecule has 0 radical (unpaired) electrons. The number of carbonyl (C=O) groups is 1. The number of hydrogen-bond donors (Lipinski definition) is 0. The Bertz CT molecular complexity index is 1150. The molecular weight excluding hydrogens is 409 g/mol. The molecule has 1 fully saturated rings. The summed E-state index contributed by atoms with van der Waals surface area (Å²) in [7, 11) is 0. The van der Waals surface area contributed by atoms with Gasteiger partial charge in [-0.05, 0) is 58.6 Å². The van der Waals surface area contributed by atoms with Gasteiger partial charge in [-0.25, -0.2) is 9.50 Å². The molecule has 0 bridgehead atoms. The molecule has 1 atom stereocenters. The first kappa shape index (κ1) is 21.3. The van der Waals surface area contributed by atoms with Gasteiger partial charge in [0, 0.05) is 24.0 Å². The van der Waals surface area contributed by atoms with Crippen molar-refractivity contribution in [1.29, 1.82) is 0 Å². The van der Waals surface area contributed by atoms with Crippen molar-refractivity contribution < 1.29 is 18.0 Å². The van der Waals surface area contributed by atoms with E-state index in [9.17, 15) is 18.0 Å². The van der Waals surface area contributed by atoms with Gasteiger partial charge < -0.3 is 4.90 Å². The van der Waals surface area contributed by atoms with Gasteiger partial charge in [-0.3, -0.25) is 9.48 Å². The highest BCUT2D eigenvalue weighted by atomic mass is 19.4. The van der Waals surface area contributed by atoms with E-state index in [4.69, 9.17) is 0 Å². The molecule has 0 spiro atoms. The van der Waals surface area contributed by atoms with Gasteiger partial charge >= 0.3 is 6.18 Å². The molecule has 4 heterocycles. The molecule has 1 aliphatic rings. The molecule has 10 heteroatoms. The number of alkyl halides is 3. The molecule has 0 unspecified atom stereocenters. The Balaban J connectivity index is 1.68. The van der Waals surface area contributed by atoms with Crippen molar-refractivity contribution >= 4 is 11.6 Å². The highest BCUT2D eigenvalue weighted by Gasteiger charge is 2.36. The Morgan fingerprint density at radius 1 is 1.13 bits per heavy atom. The van der Waals surface area contributed by atoms with Gasteiger partial charge in [0.1, 0.15) is 12.2 Å². The molecule has 0 aromatic carbocycles. The number of amides is 1. The molecular formula is C21H25F3N6O. The van der Waals surface area contributed by atoms with Crippen LogP contribution < -0.4 is 0 Å². The van der Waals surface area contributed by atoms with E-state index in [1.165, 1.54) is 6.92 Å². The average molecular weight is 434 g/mol. The minimum Gasteiger partial charge on any atom is -0.332 e. The summed E-state index contributed by atoms with van der Waals surface area (Å²) in [5, 5.41) is 8.68. The zero-order valence-corrected chi connectivity index (χ0v) is 18.0. The van der Waals surface area contributed by atoms with Crippen molar-refractivity contribution in [3.63, 3.8) is 0 Å². The lowest BCUT2D eigenvalue weighted by molar-refractivity contribution is -0.143. The molecule has 0 saturated carbocycles. The number of aromatic nitrogens is 5. The SMILES string of the molecule is Cc1cc(C(F)(F)F)n2nc([C@@H]3CCCCN3C(=O)Cn3nc(C)c(C)c3C)cc2n1. The molecule has 3 aromatic rings. The fourth-order valence-corrected chi connectivity index (χ4v) is 4.18. The van der Waals surface area contributed by atoms with E-state index in [0.717, 1.165) is 40.4 Å². The monoisotopic (exact) mass is 434 g/mol. The summed E-state index contributed by atoms with van der Waals surface area (Å²) >= 11 is 0. The van der Waals surface area contributed by atoms with Crippen LogP contribution in [0.5, 0.6) is 0 Å². The number of hydrogen-bond acceptors (Lipinski definition) is 4. The maximum absolute atomic E-state index is 13.5. The number of likely N-dealkylation sites (tertiary alicyclic amines) is 1. The summed E-state index contributed by atoms with van der Waals surface area (Å²) in [6.07, 6.45) is -2.19. The highest BCUT2D eigenvalue weighted by molar-refractivity contribution is 5.76. The first-order valence-corrected chi connectivity index (χ1v) is 10.3. The normalized spacial score (nSPS) is 17.5. The van der Waals surface area contributed by atoms with Gasteiger partial charge in [0.05, 0.1) is 17.4 Å². The fourth-order valence-electron chi connectivity index (χ4n) is 4.18. The van der Waals surface area contributed by atoms with Crippen molar-refractivity contribution in [3.05, 3.63) is 46.2 Å². The summed E-state index contributed by atoms with van der Waals surface area (Å²) in [5.41, 5.74) is 2.82. The topological polar surface area (TPSA) is 68.3 Å². The van der Waals surface area contributed by atoms with E-state index in [2.05, 4.69) is 15.2 Å². The van der Waals surface area contributed by atoms with Crippen LogP contribution in [0, 0.1) is 27.7 Å². The van der Waals surface area contributed by atoms with E-state index in [-0.39, 0.29) is 29.8 Å². The minimum absolute atomic E-state index is 0.0928. The van der Waals surface area contributed by atoms with Crippen LogP contribution >= 0.6 is 0 Å². The van der Waals surface area contributed by atoms with Crippen molar-refractivity contribution in [2.75, 3.05) is 6.54 Å². The Morgan fingerprint density at radius 2 is 1.87 bits per heavy atom. The maximum Gasteiger partial charge on any atom is 0.433 e. The maximum atomic E-state index is 13.5. The van der Waals surface area contributed by atoms with E-state index >= 15 is 0 Å². The first-order chi connectivity index (χ1) is 14.6. The summed E-state index contributed by atoms with van der Waals surface area (Å²) < 4.78 is 43.0. The Hall–Kier alpha value is -2.91. The van der Waals surface area contributed by atoms with E-state index in [1.807, 2.05) is 20.8 Å². The summed E-state index contributed by atoms with van der Waals surface area (Å²) in [6.45, 7) is 7.94. The Kier molecular flexibility index (Phi) is 5.26. The van der Waals surface area contributed by atoms with Gasteiger partial charge in [0.15, 0.2) is 5.65 Å². The lowest BCUT2D eigenvalue weighted by atomic mass is 9.99. The van der Waals surface area contributed by atoms with E-state index in [0.29, 0.717) is 18.7 Å². The minimum atomic E-state index is -4.55. The van der Waals surface area contributed by atoms with Gasteiger partial charge in [-0.2, -0.15) is 23.4 Å². The van der Waals surface area contributed by atoms with Crippen molar-refractivity contribution in [2.24, 2.45) is 0 Å². The lowest BCUT2D eigenvalue weighted by Crippen LogP contribution is -2.40. The van der Waals surface area contributed by atoms with Crippen LogP contribution in [-0.4, -0.2) is 41.7 Å². The quantitative estimate of drug-likeness (QED) is 0.626. The fraction of sp³-hybridized carbons (Fsp3) is 0.524. The van der Waals surface area contributed by atoms with Gasteiger partial charge in [0.2, 0.25) is 5.91 Å². The predicted molar refractivity (Wildman–Crippen MR) is 107 cm³/mol. The van der Waals surface area contributed by atoms with Gasteiger partial charge in [-0.1, -0.05) is 0 Å². The molecule has 1 amide bonds. The van der Waals surface area contributed by atoms with Crippen molar-refractivity contribution in [2.45, 2.75) is 65.7 Å². The van der Waals surface area contributed by atoms with E-state index < -0.39 is 11.9 Å². The largest absolute Gasteiger partial charge is 0.433 e. The van der Waals surface area contributed by atoms with Crippen LogP contribution in [0.25, 0.3) is 5.65 Å². The van der Waals surface area contributed by atoms with E-state index in [1.54, 1.807) is 15.6 Å². The van der Waals surface area contributed by atoms with Crippen molar-refractivity contribution in [1.82, 2.24) is 29.3 Å². The van der Waals surface area contributed by atoms with Crippen LogP contribution in [0.3, 0.4) is 0 Å². The molecule has 4 rings (SSSR count). The Morgan fingerprint density at radius 3 is 2.52 bits per heavy atom. The summed E-state index contributed by atoms with van der Waals surface area (Å²) in [4.78, 5) is 19.1. The number of piperidine rings is 1. The van der Waals surface area contributed by atoms with Crippen LogP contribution in [0.4, 0.5) is 13.2 Å². The third-order valence-corrected chi connectivity index (χ3v) is 6.06. The smallest absolute Gasteiger partial charge is 0.332 e. The zero-order valence-electron chi connectivity index (χ0n) is 18.0. The van der Waals surface area contributed by atoms with Gasteiger partial charge in [-0.15, -0.1) is 0 Å². The first-order valence-electron chi connectivity index (χ1n) is 10.3. The van der Waals surface area contributed by atoms with Crippen LogP contribution in [0.2, 0.25) is 0 Å². The number of nitrogens with zero attached hydrogens (tertiary/aromatic N) is 6. The number of aryl methyl sites for hydroxylation is 2. The third kappa shape index (κ3) is 3.90. The molecule has 0 aliphatic carbocycles. The third-order valence-electron chi connectivity index (χ3n) is 6.06. The van der Waals surface area contributed by atoms with Crippen LogP contribution in [-0.2, 0) is 17.5 Å². The zero-order chi connectivity index (χ0) is 22.5. The standard InChI is InChI=1S/C21H25F3N6O/c1-12-9-18(21(22,23)24)30-19(25-12)10-16(27-30)17-7-5-6-8-28(17)20(31)11-29-15(4)13(2)14(3)26-29/h9-10,17H,5-8,11H2,1-4H3/t17-/m0/s1. The molecule has 166 valence electrons. The second-order valence-electron chi connectivity index (χ2n) is 8.17. The second-order valence-corrected chi connectivity index (χ2v) is 8.17. The number of halogens is 3. The molecule has 1 saturated heterocycles. The highest BCUT2D eigenvalue weighted by Crippen LogP contribution is 2.34. The van der Waals surface area contributed by atoms with Crippen LogP contribution in [0.15, 0.2) is 12.1 Å². The molecule has 1 aliphatic heterocycles. The average Bonchev–Trinajstić information content (AvgIpc) is 3.23. The van der Waals surface area contributed by atoms with Crippen LogP contribution in [0.1, 0.15) is 59.3 Å². The van der Waals surface area contributed by atoms with Crippen molar-refractivity contribution in [3.8, 4) is 0 Å². The summed E-state index contributed by atoms with van der Waals surface area (Å²) in [6, 6.07) is 2.16.